The summed E-state index contributed by atoms with van der Waals surface area (Å²) >= 11 is 0. The van der Waals surface area contributed by atoms with Crippen molar-refractivity contribution in [3.63, 3.8) is 0 Å². The molecule has 1 aromatic rings. The van der Waals surface area contributed by atoms with Gasteiger partial charge in [-0.1, -0.05) is 12.1 Å². The largest absolute Gasteiger partial charge is 0.508 e. The Morgan fingerprint density at radius 3 is 2.33 bits per heavy atom. The second-order valence-electron chi connectivity index (χ2n) is 3.80. The third kappa shape index (κ3) is 4.98. The van der Waals surface area contributed by atoms with Crippen LogP contribution in [0.3, 0.4) is 0 Å². The van der Waals surface area contributed by atoms with Crippen LogP contribution in [0.1, 0.15) is 11.6 Å². The summed E-state index contributed by atoms with van der Waals surface area (Å²) < 4.78 is 29.4. The first-order valence-corrected chi connectivity index (χ1v) is 6.81. The van der Waals surface area contributed by atoms with Gasteiger partial charge in [-0.05, 0) is 17.7 Å². The van der Waals surface area contributed by atoms with Crippen LogP contribution in [0, 0.1) is 0 Å². The molecule has 0 saturated carbocycles. The van der Waals surface area contributed by atoms with Gasteiger partial charge in [0, 0.05) is 6.54 Å². The predicted molar refractivity (Wildman–Crippen MR) is 65.5 cm³/mol. The number of aliphatic hydroxyl groups excluding tert-OH is 1. The average molecular weight is 276 g/mol. The standard InChI is InChI=1S/C10H16N2O5S/c11-9(7-1-3-8(13)4-2-7)10(14)12-5-6-18(15,16)17/h1-4,9-10,12-14H,5-6,11H2,(H,15,16,17)/t9-,10?/m1/s1. The number of hydrogen-bond donors (Lipinski definition) is 5. The van der Waals surface area contributed by atoms with Crippen molar-refractivity contribution in [1.82, 2.24) is 5.32 Å². The molecule has 0 fully saturated rings. The first kappa shape index (κ1) is 14.9. The maximum absolute atomic E-state index is 10.5. The molecule has 0 aliphatic carbocycles. The van der Waals surface area contributed by atoms with Crippen molar-refractivity contribution in [1.29, 1.82) is 0 Å². The van der Waals surface area contributed by atoms with Crippen molar-refractivity contribution in [2.45, 2.75) is 12.3 Å². The fourth-order valence-electron chi connectivity index (χ4n) is 1.34. The van der Waals surface area contributed by atoms with Gasteiger partial charge >= 0.3 is 0 Å². The Morgan fingerprint density at radius 2 is 1.83 bits per heavy atom. The third-order valence-electron chi connectivity index (χ3n) is 2.33. The van der Waals surface area contributed by atoms with Crippen LogP contribution in [0.4, 0.5) is 0 Å². The highest BCUT2D eigenvalue weighted by atomic mass is 32.2. The molecule has 0 amide bonds. The minimum absolute atomic E-state index is 0.0831. The van der Waals surface area contributed by atoms with Gasteiger partial charge in [0.15, 0.2) is 0 Å². The van der Waals surface area contributed by atoms with Gasteiger partial charge in [0.05, 0.1) is 11.8 Å². The molecule has 0 saturated heterocycles. The SMILES string of the molecule is N[C@H](c1ccc(O)cc1)C(O)NCCS(=O)(=O)O. The molecule has 7 nitrogen and oxygen atoms in total. The molecule has 0 heterocycles. The van der Waals surface area contributed by atoms with Crippen molar-refractivity contribution >= 4 is 10.1 Å². The molecular weight excluding hydrogens is 260 g/mol. The summed E-state index contributed by atoms with van der Waals surface area (Å²) in [5.74, 6) is -0.424. The van der Waals surface area contributed by atoms with E-state index in [1.807, 2.05) is 0 Å². The number of phenols is 1. The number of nitrogens with two attached hydrogens (primary N) is 1. The topological polar surface area (TPSA) is 133 Å². The molecule has 0 aliphatic heterocycles. The quantitative estimate of drug-likeness (QED) is 0.339. The smallest absolute Gasteiger partial charge is 0.266 e. The molecular formula is C10H16N2O5S. The van der Waals surface area contributed by atoms with Gasteiger partial charge in [0.25, 0.3) is 10.1 Å². The van der Waals surface area contributed by atoms with Crippen molar-refractivity contribution in [3.8, 4) is 5.75 Å². The number of benzene rings is 1. The number of rotatable bonds is 6. The van der Waals surface area contributed by atoms with Gasteiger partial charge in [-0.3, -0.25) is 9.87 Å². The molecule has 6 N–H and O–H groups in total. The van der Waals surface area contributed by atoms with E-state index in [1.165, 1.54) is 12.1 Å². The van der Waals surface area contributed by atoms with Gasteiger partial charge in [-0.2, -0.15) is 8.42 Å². The zero-order valence-electron chi connectivity index (χ0n) is 9.52. The van der Waals surface area contributed by atoms with Crippen LogP contribution < -0.4 is 11.1 Å². The highest BCUT2D eigenvalue weighted by molar-refractivity contribution is 7.85. The maximum atomic E-state index is 10.5. The van der Waals surface area contributed by atoms with Crippen molar-refractivity contribution < 1.29 is 23.2 Å². The zero-order valence-corrected chi connectivity index (χ0v) is 10.3. The van der Waals surface area contributed by atoms with Crippen LogP contribution >= 0.6 is 0 Å². The Balaban J connectivity index is 2.51. The normalized spacial score (nSPS) is 15.3. The van der Waals surface area contributed by atoms with Gasteiger partial charge in [0.1, 0.15) is 12.0 Å². The Bertz CT molecular complexity index is 474. The molecule has 0 radical (unpaired) electrons. The van der Waals surface area contributed by atoms with Gasteiger partial charge < -0.3 is 15.9 Å². The number of aliphatic hydroxyl groups is 1. The summed E-state index contributed by atoms with van der Waals surface area (Å²) in [7, 11) is -4.06. The van der Waals surface area contributed by atoms with Crippen LogP contribution in [0.5, 0.6) is 5.75 Å². The summed E-state index contributed by atoms with van der Waals surface area (Å²) in [4.78, 5) is 0. The van der Waals surface area contributed by atoms with Gasteiger partial charge in [0.2, 0.25) is 0 Å². The molecule has 102 valence electrons. The zero-order chi connectivity index (χ0) is 13.8. The lowest BCUT2D eigenvalue weighted by molar-refractivity contribution is 0.111. The van der Waals surface area contributed by atoms with E-state index in [-0.39, 0.29) is 12.3 Å². The monoisotopic (exact) mass is 276 g/mol. The fraction of sp³-hybridized carbons (Fsp3) is 0.400. The summed E-state index contributed by atoms with van der Waals surface area (Å²) in [6.45, 7) is -0.119. The molecule has 8 heteroatoms. The minimum Gasteiger partial charge on any atom is -0.508 e. The summed E-state index contributed by atoms with van der Waals surface area (Å²) in [5, 5.41) is 21.2. The van der Waals surface area contributed by atoms with Crippen LogP contribution in [-0.4, -0.2) is 41.7 Å². The third-order valence-corrected chi connectivity index (χ3v) is 3.05. The van der Waals surface area contributed by atoms with Crippen LogP contribution in [0.2, 0.25) is 0 Å². The Kier molecular flexibility index (Phi) is 5.05. The van der Waals surface area contributed by atoms with Gasteiger partial charge in [-0.25, -0.2) is 0 Å². The summed E-state index contributed by atoms with van der Waals surface area (Å²) in [6.07, 6.45) is -1.16. The number of aromatic hydroxyl groups is 1. The predicted octanol–water partition coefficient (Wildman–Crippen LogP) is -0.812. The Hall–Kier alpha value is -1.19. The molecule has 0 bridgehead atoms. The average Bonchev–Trinajstić information content (AvgIpc) is 2.27. The fourth-order valence-corrected chi connectivity index (χ4v) is 1.72. The summed E-state index contributed by atoms with van der Waals surface area (Å²) in [6, 6.07) is 5.19. The van der Waals surface area contributed by atoms with Crippen molar-refractivity contribution in [2.24, 2.45) is 5.73 Å². The van der Waals surface area contributed by atoms with Crippen LogP contribution in [-0.2, 0) is 10.1 Å². The van der Waals surface area contributed by atoms with Crippen LogP contribution in [0.15, 0.2) is 24.3 Å². The molecule has 0 aromatic heterocycles. The van der Waals surface area contributed by atoms with E-state index in [2.05, 4.69) is 5.32 Å². The number of phenolic OH excluding ortho intramolecular Hbond substituents is 1. The second kappa shape index (κ2) is 6.12. The number of hydrogen-bond acceptors (Lipinski definition) is 6. The number of nitrogens with one attached hydrogen (secondary N) is 1. The van der Waals surface area contributed by atoms with E-state index >= 15 is 0 Å². The Labute approximate surface area is 105 Å². The first-order valence-electron chi connectivity index (χ1n) is 5.21. The van der Waals surface area contributed by atoms with E-state index in [0.717, 1.165) is 0 Å². The molecule has 1 unspecified atom stereocenters. The molecule has 1 rings (SSSR count). The van der Waals surface area contributed by atoms with E-state index < -0.39 is 28.1 Å². The van der Waals surface area contributed by atoms with E-state index in [4.69, 9.17) is 15.4 Å². The minimum atomic E-state index is -4.06. The van der Waals surface area contributed by atoms with Crippen molar-refractivity contribution in [2.75, 3.05) is 12.3 Å². The maximum Gasteiger partial charge on any atom is 0.266 e. The lowest BCUT2D eigenvalue weighted by Crippen LogP contribution is -2.41. The van der Waals surface area contributed by atoms with E-state index in [9.17, 15) is 13.5 Å². The molecule has 18 heavy (non-hydrogen) atoms. The van der Waals surface area contributed by atoms with Gasteiger partial charge in [-0.15, -0.1) is 0 Å². The highest BCUT2D eigenvalue weighted by Crippen LogP contribution is 2.16. The lowest BCUT2D eigenvalue weighted by Gasteiger charge is -2.20. The molecule has 0 spiro atoms. The summed E-state index contributed by atoms with van der Waals surface area (Å²) in [5.41, 5.74) is 6.32. The van der Waals surface area contributed by atoms with E-state index in [1.54, 1.807) is 12.1 Å². The van der Waals surface area contributed by atoms with E-state index in [0.29, 0.717) is 5.56 Å². The van der Waals surface area contributed by atoms with Crippen LogP contribution in [0.25, 0.3) is 0 Å². The highest BCUT2D eigenvalue weighted by Gasteiger charge is 2.16. The molecule has 2 atom stereocenters. The second-order valence-corrected chi connectivity index (χ2v) is 5.37. The first-order chi connectivity index (χ1) is 8.29. The van der Waals surface area contributed by atoms with Crippen molar-refractivity contribution in [3.05, 3.63) is 29.8 Å². The lowest BCUT2D eigenvalue weighted by atomic mass is 10.1. The Morgan fingerprint density at radius 1 is 1.28 bits per heavy atom. The molecule has 0 aliphatic rings. The molecule has 1 aromatic carbocycles.